The summed E-state index contributed by atoms with van der Waals surface area (Å²) < 4.78 is 10.7. The molecule has 0 amide bonds. The highest BCUT2D eigenvalue weighted by Crippen LogP contribution is 2.59. The lowest BCUT2D eigenvalue weighted by atomic mass is 9.61. The zero-order chi connectivity index (χ0) is 28.0. The Hall–Kier alpha value is -4.76. The fraction of sp³-hybridized carbons (Fsp3) is 0.200. The van der Waals surface area contributed by atoms with Crippen LogP contribution in [0.15, 0.2) is 66.7 Å². The molecule has 0 unspecified atom stereocenters. The average Bonchev–Trinajstić information content (AvgIpc) is 2.87. The Morgan fingerprint density at radius 1 is 0.513 bits per heavy atom. The van der Waals surface area contributed by atoms with E-state index in [-0.39, 0.29) is 46.0 Å². The minimum absolute atomic E-state index is 0.0871. The molecule has 4 aromatic carbocycles. The average molecular weight is 533 g/mol. The van der Waals surface area contributed by atoms with Crippen molar-refractivity contribution < 1.29 is 45.2 Å². The molecule has 1 aliphatic rings. The van der Waals surface area contributed by atoms with Gasteiger partial charge in [0.15, 0.2) is 23.0 Å². The van der Waals surface area contributed by atoms with Gasteiger partial charge in [-0.3, -0.25) is 0 Å². The summed E-state index contributed by atoms with van der Waals surface area (Å²) in [7, 11) is 2.80. The number of hydrogen-bond acceptors (Lipinski definition) is 9. The van der Waals surface area contributed by atoms with Crippen LogP contribution in [0.1, 0.15) is 51.7 Å². The lowest BCUT2D eigenvalue weighted by Crippen LogP contribution is -2.31. The predicted molar refractivity (Wildman–Crippen MR) is 141 cm³/mol. The standard InChI is InChI=1S/C30H28O9/c1-38-25-9-14(3-4-23(25)35)27-21-12-24(36)26(39-2)13-22(21)30(37)29(16-7-19(33)11-20(34)8-16)28(27)15-5-17(31)10-18(32)6-15/h3-13,27-37H,1-2H3/t27-,28+,29-,30-/m0/s1. The summed E-state index contributed by atoms with van der Waals surface area (Å²) in [6.07, 6.45) is -1.24. The maximum Gasteiger partial charge on any atom is 0.160 e. The number of aromatic hydroxyl groups is 6. The van der Waals surface area contributed by atoms with E-state index in [1.165, 1.54) is 68.8 Å². The Balaban J connectivity index is 1.88. The zero-order valence-electron chi connectivity index (χ0n) is 21.1. The van der Waals surface area contributed by atoms with Crippen molar-refractivity contribution in [3.63, 3.8) is 0 Å². The van der Waals surface area contributed by atoms with Crippen molar-refractivity contribution >= 4 is 0 Å². The molecule has 9 nitrogen and oxygen atoms in total. The molecule has 9 heteroatoms. The van der Waals surface area contributed by atoms with Crippen molar-refractivity contribution in [3.8, 4) is 46.0 Å². The molecule has 202 valence electrons. The normalized spacial score (nSPS) is 20.3. The molecule has 0 bridgehead atoms. The van der Waals surface area contributed by atoms with Gasteiger partial charge < -0.3 is 45.2 Å². The van der Waals surface area contributed by atoms with Crippen LogP contribution in [-0.4, -0.2) is 50.0 Å². The van der Waals surface area contributed by atoms with E-state index in [9.17, 15) is 35.7 Å². The molecule has 0 radical (unpaired) electrons. The van der Waals surface area contributed by atoms with E-state index in [4.69, 9.17) is 9.47 Å². The van der Waals surface area contributed by atoms with E-state index >= 15 is 0 Å². The molecular weight excluding hydrogens is 504 g/mol. The number of ether oxygens (including phenoxy) is 2. The summed E-state index contributed by atoms with van der Waals surface area (Å²) in [5.41, 5.74) is 2.42. The Kier molecular flexibility index (Phi) is 6.53. The molecule has 0 saturated heterocycles. The maximum absolute atomic E-state index is 11.9. The van der Waals surface area contributed by atoms with Gasteiger partial charge in [0, 0.05) is 29.9 Å². The van der Waals surface area contributed by atoms with Gasteiger partial charge >= 0.3 is 0 Å². The predicted octanol–water partition coefficient (Wildman–Crippen LogP) is 4.68. The molecule has 4 aromatic rings. The van der Waals surface area contributed by atoms with E-state index < -0.39 is 23.9 Å². The van der Waals surface area contributed by atoms with E-state index in [2.05, 4.69) is 0 Å². The molecule has 5 rings (SSSR count). The number of methoxy groups -OCH3 is 2. The van der Waals surface area contributed by atoms with Crippen molar-refractivity contribution in [2.45, 2.75) is 23.9 Å². The molecule has 0 fully saturated rings. The second-order valence-corrected chi connectivity index (χ2v) is 9.62. The summed E-state index contributed by atoms with van der Waals surface area (Å²) in [5.74, 6) is -2.97. The number of aliphatic hydroxyl groups excluding tert-OH is 1. The van der Waals surface area contributed by atoms with Crippen molar-refractivity contribution in [1.29, 1.82) is 0 Å². The van der Waals surface area contributed by atoms with Crippen LogP contribution in [0.5, 0.6) is 46.0 Å². The van der Waals surface area contributed by atoms with Crippen molar-refractivity contribution in [2.24, 2.45) is 0 Å². The third-order valence-electron chi connectivity index (χ3n) is 7.31. The summed E-state index contributed by atoms with van der Waals surface area (Å²) in [4.78, 5) is 0. The number of phenolic OH excluding ortho intramolecular Hbond substituents is 6. The van der Waals surface area contributed by atoms with Crippen LogP contribution >= 0.6 is 0 Å². The lowest BCUT2D eigenvalue weighted by molar-refractivity contribution is 0.115. The van der Waals surface area contributed by atoms with Gasteiger partial charge in [-0.1, -0.05) is 6.07 Å². The van der Waals surface area contributed by atoms with Gasteiger partial charge in [0.05, 0.1) is 20.3 Å². The van der Waals surface area contributed by atoms with Crippen LogP contribution in [-0.2, 0) is 0 Å². The quantitative estimate of drug-likeness (QED) is 0.194. The molecule has 0 aromatic heterocycles. The molecule has 7 N–H and O–H groups in total. The fourth-order valence-corrected chi connectivity index (χ4v) is 5.76. The highest BCUT2D eigenvalue weighted by molar-refractivity contribution is 5.59. The smallest absolute Gasteiger partial charge is 0.160 e. The Labute approximate surface area is 224 Å². The molecular formula is C30H28O9. The molecule has 0 saturated carbocycles. The van der Waals surface area contributed by atoms with Crippen LogP contribution in [0.4, 0.5) is 0 Å². The number of benzene rings is 4. The van der Waals surface area contributed by atoms with Gasteiger partial charge in [0.1, 0.15) is 23.0 Å². The second-order valence-electron chi connectivity index (χ2n) is 9.62. The number of hydrogen-bond donors (Lipinski definition) is 7. The molecule has 1 aliphatic carbocycles. The number of fused-ring (bicyclic) bond motifs is 1. The largest absolute Gasteiger partial charge is 0.508 e. The summed E-state index contributed by atoms with van der Waals surface area (Å²) in [5, 5.41) is 74.4. The number of rotatable bonds is 5. The Bertz CT molecular complexity index is 1510. The first-order chi connectivity index (χ1) is 18.6. The van der Waals surface area contributed by atoms with Crippen molar-refractivity contribution in [3.05, 3.63) is 94.5 Å². The minimum Gasteiger partial charge on any atom is -0.508 e. The van der Waals surface area contributed by atoms with Gasteiger partial charge in [-0.2, -0.15) is 0 Å². The topological polar surface area (TPSA) is 160 Å². The van der Waals surface area contributed by atoms with E-state index in [1.54, 1.807) is 12.1 Å². The summed E-state index contributed by atoms with van der Waals surface area (Å²) in [6, 6.07) is 15.9. The van der Waals surface area contributed by atoms with Crippen LogP contribution in [0.2, 0.25) is 0 Å². The van der Waals surface area contributed by atoms with Gasteiger partial charge in [-0.25, -0.2) is 0 Å². The van der Waals surface area contributed by atoms with E-state index in [1.807, 2.05) is 0 Å². The third-order valence-corrected chi connectivity index (χ3v) is 7.31. The minimum atomic E-state index is -1.24. The molecule has 4 atom stereocenters. The zero-order valence-corrected chi connectivity index (χ0v) is 21.1. The van der Waals surface area contributed by atoms with Gasteiger partial charge in [0.25, 0.3) is 0 Å². The summed E-state index contributed by atoms with van der Waals surface area (Å²) in [6.45, 7) is 0. The van der Waals surface area contributed by atoms with Crippen LogP contribution in [0.3, 0.4) is 0 Å². The first-order valence-corrected chi connectivity index (χ1v) is 12.1. The SMILES string of the molecule is COc1cc([C@H]2c3cc(O)c(OC)cc3[C@H](O)[C@@H](c3cc(O)cc(O)c3)[C@@H]2c2cc(O)cc(O)c2)ccc1O. The van der Waals surface area contributed by atoms with Gasteiger partial charge in [-0.05, 0) is 76.3 Å². The van der Waals surface area contributed by atoms with Crippen LogP contribution in [0, 0.1) is 0 Å². The Morgan fingerprint density at radius 3 is 1.56 bits per heavy atom. The van der Waals surface area contributed by atoms with Gasteiger partial charge in [-0.15, -0.1) is 0 Å². The van der Waals surface area contributed by atoms with Crippen molar-refractivity contribution in [2.75, 3.05) is 14.2 Å². The molecule has 0 spiro atoms. The first kappa shape index (κ1) is 25.9. The monoisotopic (exact) mass is 532 g/mol. The van der Waals surface area contributed by atoms with E-state index in [0.717, 1.165) is 0 Å². The molecule has 0 aliphatic heterocycles. The third kappa shape index (κ3) is 4.57. The maximum atomic E-state index is 11.9. The van der Waals surface area contributed by atoms with E-state index in [0.29, 0.717) is 27.8 Å². The van der Waals surface area contributed by atoms with Gasteiger partial charge in [0.2, 0.25) is 0 Å². The summed E-state index contributed by atoms with van der Waals surface area (Å²) >= 11 is 0. The molecule has 39 heavy (non-hydrogen) atoms. The highest BCUT2D eigenvalue weighted by Gasteiger charge is 2.45. The van der Waals surface area contributed by atoms with Crippen LogP contribution in [0.25, 0.3) is 0 Å². The van der Waals surface area contributed by atoms with Crippen LogP contribution < -0.4 is 9.47 Å². The number of aliphatic hydroxyl groups is 1. The van der Waals surface area contributed by atoms with Crippen molar-refractivity contribution in [1.82, 2.24) is 0 Å². The highest BCUT2D eigenvalue weighted by atomic mass is 16.5. The fourth-order valence-electron chi connectivity index (χ4n) is 5.76. The number of phenols is 6. The second kappa shape index (κ2) is 9.85. The lowest BCUT2D eigenvalue weighted by Gasteiger charge is -2.44. The molecule has 0 heterocycles. The Morgan fingerprint density at radius 2 is 1.03 bits per heavy atom. The first-order valence-electron chi connectivity index (χ1n) is 12.1.